The van der Waals surface area contributed by atoms with E-state index in [-0.39, 0.29) is 0 Å². The van der Waals surface area contributed by atoms with Crippen LogP contribution in [0.15, 0.2) is 4.52 Å². The third-order valence-corrected chi connectivity index (χ3v) is 4.57. The molecule has 0 aromatic carbocycles. The predicted molar refractivity (Wildman–Crippen MR) is 70.4 cm³/mol. The summed E-state index contributed by atoms with van der Waals surface area (Å²) in [4.78, 5) is 2.66. The van der Waals surface area contributed by atoms with E-state index in [0.717, 1.165) is 24.0 Å². The van der Waals surface area contributed by atoms with Crippen molar-refractivity contribution in [2.75, 3.05) is 13.1 Å². The van der Waals surface area contributed by atoms with E-state index in [4.69, 9.17) is 4.52 Å². The van der Waals surface area contributed by atoms with Crippen molar-refractivity contribution in [3.05, 3.63) is 17.0 Å². The average molecular weight is 249 g/mol. The summed E-state index contributed by atoms with van der Waals surface area (Å²) in [5, 5.41) is 7.70. The summed E-state index contributed by atoms with van der Waals surface area (Å²) in [5.41, 5.74) is 2.27. The van der Waals surface area contributed by atoms with E-state index in [1.54, 1.807) is 0 Å². The van der Waals surface area contributed by atoms with Crippen LogP contribution in [0.5, 0.6) is 0 Å². The lowest BCUT2D eigenvalue weighted by Crippen LogP contribution is -2.45. The van der Waals surface area contributed by atoms with Gasteiger partial charge in [0.15, 0.2) is 0 Å². The zero-order valence-corrected chi connectivity index (χ0v) is 11.4. The molecule has 4 nitrogen and oxygen atoms in total. The van der Waals surface area contributed by atoms with Crippen LogP contribution < -0.4 is 5.32 Å². The van der Waals surface area contributed by atoms with Gasteiger partial charge in [-0.25, -0.2) is 0 Å². The first-order chi connectivity index (χ1) is 8.74. The lowest BCUT2D eigenvalue weighted by molar-refractivity contribution is 0.166. The Hall–Kier alpha value is -0.870. The molecule has 4 heteroatoms. The fourth-order valence-electron chi connectivity index (χ4n) is 3.41. The molecule has 0 aliphatic carbocycles. The number of aromatic nitrogens is 1. The van der Waals surface area contributed by atoms with Crippen molar-refractivity contribution in [3.63, 3.8) is 0 Å². The van der Waals surface area contributed by atoms with Crippen molar-refractivity contribution in [3.8, 4) is 0 Å². The minimum absolute atomic E-state index is 0.665. The molecule has 2 fully saturated rings. The molecule has 0 amide bonds. The van der Waals surface area contributed by atoms with Crippen LogP contribution in [-0.2, 0) is 6.54 Å². The number of fused-ring (bicyclic) bond motifs is 1. The Balaban J connectivity index is 1.55. The highest BCUT2D eigenvalue weighted by Gasteiger charge is 2.31. The van der Waals surface area contributed by atoms with E-state index in [0.29, 0.717) is 6.04 Å². The van der Waals surface area contributed by atoms with Crippen LogP contribution >= 0.6 is 0 Å². The standard InChI is InChI=1S/C14H23N3O/c1-10-14(11(2)18-16-10)9-15-12-5-7-17-6-3-4-13(17)8-12/h12-13,15H,3-9H2,1-2H3. The zero-order valence-electron chi connectivity index (χ0n) is 11.4. The molecule has 1 N–H and O–H groups in total. The highest BCUT2D eigenvalue weighted by Crippen LogP contribution is 2.27. The van der Waals surface area contributed by atoms with Crippen molar-refractivity contribution in [1.82, 2.24) is 15.4 Å². The third kappa shape index (κ3) is 2.31. The normalized spacial score (nSPS) is 28.6. The van der Waals surface area contributed by atoms with Gasteiger partial charge >= 0.3 is 0 Å². The molecule has 0 radical (unpaired) electrons. The van der Waals surface area contributed by atoms with Crippen LogP contribution in [0.4, 0.5) is 0 Å². The SMILES string of the molecule is Cc1noc(C)c1CNC1CCN2CCCC2C1. The third-order valence-electron chi connectivity index (χ3n) is 4.57. The molecule has 100 valence electrons. The number of nitrogens with one attached hydrogen (secondary N) is 1. The van der Waals surface area contributed by atoms with Crippen LogP contribution in [-0.4, -0.2) is 35.2 Å². The summed E-state index contributed by atoms with van der Waals surface area (Å²) in [7, 11) is 0. The fraction of sp³-hybridized carbons (Fsp3) is 0.786. The second-order valence-electron chi connectivity index (χ2n) is 5.74. The lowest BCUT2D eigenvalue weighted by atomic mass is 9.97. The molecule has 1 aromatic heterocycles. The van der Waals surface area contributed by atoms with Crippen molar-refractivity contribution < 1.29 is 4.52 Å². The van der Waals surface area contributed by atoms with Crippen molar-refractivity contribution in [2.45, 2.75) is 58.2 Å². The summed E-state index contributed by atoms with van der Waals surface area (Å²) >= 11 is 0. The van der Waals surface area contributed by atoms with E-state index < -0.39 is 0 Å². The highest BCUT2D eigenvalue weighted by molar-refractivity contribution is 5.20. The molecule has 0 bridgehead atoms. The minimum Gasteiger partial charge on any atom is -0.361 e. The molecule has 2 aliphatic heterocycles. The quantitative estimate of drug-likeness (QED) is 0.889. The smallest absolute Gasteiger partial charge is 0.138 e. The maximum absolute atomic E-state index is 5.21. The van der Waals surface area contributed by atoms with Gasteiger partial charge in [0.1, 0.15) is 5.76 Å². The molecule has 2 aliphatic rings. The summed E-state index contributed by atoms with van der Waals surface area (Å²) in [6.45, 7) is 7.51. The average Bonchev–Trinajstić information content (AvgIpc) is 2.94. The molecule has 18 heavy (non-hydrogen) atoms. The van der Waals surface area contributed by atoms with Crippen LogP contribution in [0, 0.1) is 13.8 Å². The van der Waals surface area contributed by atoms with Gasteiger partial charge in [-0.05, 0) is 52.6 Å². The van der Waals surface area contributed by atoms with Crippen LogP contribution in [0.2, 0.25) is 0 Å². The zero-order chi connectivity index (χ0) is 12.5. The molecule has 0 spiro atoms. The Morgan fingerprint density at radius 2 is 2.22 bits per heavy atom. The number of aryl methyl sites for hydroxylation is 2. The van der Waals surface area contributed by atoms with Gasteiger partial charge in [-0.15, -0.1) is 0 Å². The first kappa shape index (κ1) is 12.2. The second kappa shape index (κ2) is 5.02. The van der Waals surface area contributed by atoms with Crippen molar-refractivity contribution in [2.24, 2.45) is 0 Å². The number of piperidine rings is 1. The topological polar surface area (TPSA) is 41.3 Å². The Morgan fingerprint density at radius 1 is 1.33 bits per heavy atom. The monoisotopic (exact) mass is 249 g/mol. The Bertz CT molecular complexity index is 396. The van der Waals surface area contributed by atoms with E-state index >= 15 is 0 Å². The number of nitrogens with zero attached hydrogens (tertiary/aromatic N) is 2. The second-order valence-corrected chi connectivity index (χ2v) is 5.74. The molecule has 1 aromatic rings. The van der Waals surface area contributed by atoms with E-state index in [9.17, 15) is 0 Å². The number of hydrogen-bond donors (Lipinski definition) is 1. The van der Waals surface area contributed by atoms with E-state index in [2.05, 4.69) is 15.4 Å². The molecule has 0 saturated carbocycles. The van der Waals surface area contributed by atoms with Gasteiger partial charge in [0.25, 0.3) is 0 Å². The maximum atomic E-state index is 5.21. The predicted octanol–water partition coefficient (Wildman–Crippen LogP) is 2.01. The van der Waals surface area contributed by atoms with Gasteiger partial charge < -0.3 is 14.7 Å². The Kier molecular flexibility index (Phi) is 3.39. The first-order valence-corrected chi connectivity index (χ1v) is 7.13. The number of rotatable bonds is 3. The summed E-state index contributed by atoms with van der Waals surface area (Å²) in [5.74, 6) is 0.957. The Morgan fingerprint density at radius 3 is 3.00 bits per heavy atom. The van der Waals surface area contributed by atoms with Crippen molar-refractivity contribution in [1.29, 1.82) is 0 Å². The van der Waals surface area contributed by atoms with Crippen LogP contribution in [0.1, 0.15) is 42.7 Å². The summed E-state index contributed by atoms with van der Waals surface area (Å²) in [6.07, 6.45) is 5.37. The maximum Gasteiger partial charge on any atom is 0.138 e. The van der Waals surface area contributed by atoms with Gasteiger partial charge in [-0.2, -0.15) is 0 Å². The minimum atomic E-state index is 0.665. The molecule has 3 rings (SSSR count). The van der Waals surface area contributed by atoms with E-state index in [1.165, 1.54) is 44.3 Å². The molecule has 3 heterocycles. The lowest BCUT2D eigenvalue weighted by Gasteiger charge is -2.35. The Labute approximate surface area is 109 Å². The van der Waals surface area contributed by atoms with Crippen LogP contribution in [0.3, 0.4) is 0 Å². The van der Waals surface area contributed by atoms with Gasteiger partial charge in [-0.3, -0.25) is 0 Å². The van der Waals surface area contributed by atoms with Gasteiger partial charge in [0.2, 0.25) is 0 Å². The largest absolute Gasteiger partial charge is 0.361 e. The molecular weight excluding hydrogens is 226 g/mol. The fourth-order valence-corrected chi connectivity index (χ4v) is 3.41. The number of hydrogen-bond acceptors (Lipinski definition) is 4. The highest BCUT2D eigenvalue weighted by atomic mass is 16.5. The first-order valence-electron chi connectivity index (χ1n) is 7.13. The van der Waals surface area contributed by atoms with Crippen molar-refractivity contribution >= 4 is 0 Å². The molecular formula is C14H23N3O. The van der Waals surface area contributed by atoms with Gasteiger partial charge in [-0.1, -0.05) is 5.16 Å². The summed E-state index contributed by atoms with van der Waals surface area (Å²) < 4.78 is 5.21. The molecule has 2 unspecified atom stereocenters. The molecule has 2 saturated heterocycles. The summed E-state index contributed by atoms with van der Waals surface area (Å²) in [6, 6.07) is 1.50. The van der Waals surface area contributed by atoms with Gasteiger partial charge in [0.05, 0.1) is 5.69 Å². The van der Waals surface area contributed by atoms with E-state index in [1.807, 2.05) is 13.8 Å². The van der Waals surface area contributed by atoms with Crippen LogP contribution in [0.25, 0.3) is 0 Å². The molecule has 2 atom stereocenters. The van der Waals surface area contributed by atoms with Gasteiger partial charge in [0, 0.05) is 24.2 Å².